The molecule has 1 N–H and O–H groups in total. The summed E-state index contributed by atoms with van der Waals surface area (Å²) < 4.78 is 40.5. The zero-order chi connectivity index (χ0) is 22.4. The first kappa shape index (κ1) is 21.6. The van der Waals surface area contributed by atoms with E-state index in [9.17, 15) is 27.6 Å². The van der Waals surface area contributed by atoms with Gasteiger partial charge < -0.3 is 5.32 Å². The molecule has 3 rings (SSSR count). The van der Waals surface area contributed by atoms with E-state index in [2.05, 4.69) is 10.3 Å². The Hall–Kier alpha value is -3.14. The van der Waals surface area contributed by atoms with E-state index in [1.807, 2.05) is 0 Å². The molecule has 30 heavy (non-hydrogen) atoms. The topological polar surface area (TPSA) is 86.0 Å². The first-order chi connectivity index (χ1) is 13.9. The number of carbonyl (C=O) groups is 1. The van der Waals surface area contributed by atoms with E-state index in [1.165, 1.54) is 7.05 Å². The summed E-state index contributed by atoms with van der Waals surface area (Å²) >= 11 is 5.87. The summed E-state index contributed by atoms with van der Waals surface area (Å²) in [5.74, 6) is -0.882. The number of fused-ring (bicyclic) bond motifs is 1. The zero-order valence-corrected chi connectivity index (χ0v) is 16.9. The maximum absolute atomic E-state index is 12.9. The number of aromatic nitrogens is 3. The number of hydrogen-bond acceptors (Lipinski definition) is 4. The molecule has 7 nitrogen and oxygen atoms in total. The minimum absolute atomic E-state index is 0.120. The average Bonchev–Trinajstić information content (AvgIpc) is 2.63. The van der Waals surface area contributed by atoms with E-state index >= 15 is 0 Å². The third-order valence-corrected chi connectivity index (χ3v) is 4.82. The fraction of sp³-hybridized carbons (Fsp3) is 0.263. The molecule has 0 aliphatic carbocycles. The van der Waals surface area contributed by atoms with Crippen LogP contribution in [0.4, 0.5) is 18.9 Å². The molecular formula is C19H16ClF3N4O3. The normalized spacial score (nSPS) is 11.7. The van der Waals surface area contributed by atoms with Gasteiger partial charge in [-0.25, -0.2) is 9.78 Å². The number of pyridine rings is 1. The summed E-state index contributed by atoms with van der Waals surface area (Å²) in [5.41, 5.74) is -1.41. The number of halogens is 4. The third kappa shape index (κ3) is 3.95. The summed E-state index contributed by atoms with van der Waals surface area (Å²) in [4.78, 5) is 42.1. The standard InChI is InChI=1S/C19H16ClF3N4O3/c1-9-6-10(2)24-16-15(9)17(29)27(18(30)26(16)3)8-14(28)25-13-7-11(19(21,22)23)4-5-12(13)20/h4-7H,8H2,1-3H3,(H,25,28). The number of rotatable bonds is 3. The number of nitrogens with zero attached hydrogens (tertiary/aromatic N) is 3. The zero-order valence-electron chi connectivity index (χ0n) is 16.1. The van der Waals surface area contributed by atoms with Crippen LogP contribution in [0.25, 0.3) is 11.0 Å². The molecule has 0 bridgehead atoms. The Kier molecular flexibility index (Phi) is 5.46. The number of amides is 1. The molecule has 11 heteroatoms. The van der Waals surface area contributed by atoms with Crippen molar-refractivity contribution >= 4 is 34.2 Å². The maximum Gasteiger partial charge on any atom is 0.416 e. The molecule has 0 saturated heterocycles. The molecule has 0 saturated carbocycles. The number of alkyl halides is 3. The molecule has 0 aliphatic rings. The fourth-order valence-corrected chi connectivity index (χ4v) is 3.25. The largest absolute Gasteiger partial charge is 0.416 e. The van der Waals surface area contributed by atoms with Crippen LogP contribution < -0.4 is 16.6 Å². The van der Waals surface area contributed by atoms with Gasteiger partial charge in [0.05, 0.1) is 21.7 Å². The van der Waals surface area contributed by atoms with Gasteiger partial charge in [0.1, 0.15) is 12.2 Å². The second-order valence-electron chi connectivity index (χ2n) is 6.75. The molecule has 0 radical (unpaired) electrons. The van der Waals surface area contributed by atoms with Crippen LogP contribution in [0.2, 0.25) is 5.02 Å². The van der Waals surface area contributed by atoms with Crippen LogP contribution in [0.15, 0.2) is 33.9 Å². The van der Waals surface area contributed by atoms with Crippen LogP contribution in [0.3, 0.4) is 0 Å². The highest BCUT2D eigenvalue weighted by atomic mass is 35.5. The lowest BCUT2D eigenvalue weighted by Gasteiger charge is -2.14. The highest BCUT2D eigenvalue weighted by Crippen LogP contribution is 2.33. The summed E-state index contributed by atoms with van der Waals surface area (Å²) in [5, 5.41) is 2.28. The van der Waals surface area contributed by atoms with E-state index in [-0.39, 0.29) is 21.7 Å². The Balaban J connectivity index is 2.01. The quantitative estimate of drug-likeness (QED) is 0.678. The molecule has 3 aromatic rings. The van der Waals surface area contributed by atoms with E-state index in [0.29, 0.717) is 21.9 Å². The Morgan fingerprint density at radius 3 is 2.50 bits per heavy atom. The van der Waals surface area contributed by atoms with E-state index in [1.54, 1.807) is 19.9 Å². The molecule has 0 unspecified atom stereocenters. The van der Waals surface area contributed by atoms with Crippen LogP contribution in [-0.2, 0) is 24.6 Å². The number of aryl methyl sites for hydroxylation is 3. The fourth-order valence-electron chi connectivity index (χ4n) is 3.09. The van der Waals surface area contributed by atoms with Crippen molar-refractivity contribution in [2.24, 2.45) is 7.05 Å². The second-order valence-corrected chi connectivity index (χ2v) is 7.16. The predicted molar refractivity (Wildman–Crippen MR) is 106 cm³/mol. The summed E-state index contributed by atoms with van der Waals surface area (Å²) in [7, 11) is 1.41. The predicted octanol–water partition coefficient (Wildman–Crippen LogP) is 3.02. The molecule has 1 aromatic carbocycles. The van der Waals surface area contributed by atoms with E-state index < -0.39 is 35.4 Å². The molecule has 1 amide bonds. The smallest absolute Gasteiger partial charge is 0.323 e. The van der Waals surface area contributed by atoms with Crippen molar-refractivity contribution in [1.29, 1.82) is 0 Å². The van der Waals surface area contributed by atoms with Crippen LogP contribution >= 0.6 is 11.6 Å². The van der Waals surface area contributed by atoms with Gasteiger partial charge in [0, 0.05) is 12.7 Å². The van der Waals surface area contributed by atoms with Gasteiger partial charge >= 0.3 is 11.9 Å². The monoisotopic (exact) mass is 440 g/mol. The molecule has 158 valence electrons. The van der Waals surface area contributed by atoms with Crippen molar-refractivity contribution in [2.75, 3.05) is 5.32 Å². The molecule has 0 atom stereocenters. The highest BCUT2D eigenvalue weighted by Gasteiger charge is 2.31. The van der Waals surface area contributed by atoms with E-state index in [0.717, 1.165) is 16.7 Å². The highest BCUT2D eigenvalue weighted by molar-refractivity contribution is 6.33. The number of anilines is 1. The first-order valence-electron chi connectivity index (χ1n) is 8.64. The van der Waals surface area contributed by atoms with Gasteiger partial charge in [0.15, 0.2) is 0 Å². The number of hydrogen-bond donors (Lipinski definition) is 1. The van der Waals surface area contributed by atoms with Crippen molar-refractivity contribution < 1.29 is 18.0 Å². The second kappa shape index (κ2) is 7.60. The molecule has 0 fully saturated rings. The van der Waals surface area contributed by atoms with Crippen LogP contribution in [0, 0.1) is 13.8 Å². The Labute approximate surface area is 172 Å². The van der Waals surface area contributed by atoms with Gasteiger partial charge in [-0.3, -0.25) is 18.7 Å². The minimum atomic E-state index is -4.63. The van der Waals surface area contributed by atoms with Crippen LogP contribution in [-0.4, -0.2) is 20.0 Å². The summed E-state index contributed by atoms with van der Waals surface area (Å²) in [6.45, 7) is 2.69. The maximum atomic E-state index is 12.9. The molecule has 2 heterocycles. The van der Waals surface area contributed by atoms with Crippen molar-refractivity contribution in [3.63, 3.8) is 0 Å². The Bertz CT molecular complexity index is 1300. The van der Waals surface area contributed by atoms with Gasteiger partial charge in [0.2, 0.25) is 5.91 Å². The molecule has 0 aliphatic heterocycles. The molecule has 2 aromatic heterocycles. The van der Waals surface area contributed by atoms with Crippen LogP contribution in [0.1, 0.15) is 16.8 Å². The van der Waals surface area contributed by atoms with Gasteiger partial charge in [0.25, 0.3) is 5.56 Å². The van der Waals surface area contributed by atoms with Gasteiger partial charge in [-0.15, -0.1) is 0 Å². The minimum Gasteiger partial charge on any atom is -0.323 e. The lowest BCUT2D eigenvalue weighted by molar-refractivity contribution is -0.137. The molecular weight excluding hydrogens is 425 g/mol. The summed E-state index contributed by atoms with van der Waals surface area (Å²) in [6.07, 6.45) is -4.63. The third-order valence-electron chi connectivity index (χ3n) is 4.49. The van der Waals surface area contributed by atoms with Crippen molar-refractivity contribution in [3.05, 3.63) is 66.9 Å². The van der Waals surface area contributed by atoms with Gasteiger partial charge in [-0.05, 0) is 43.7 Å². The summed E-state index contributed by atoms with van der Waals surface area (Å²) in [6, 6.07) is 4.12. The van der Waals surface area contributed by atoms with Crippen LogP contribution in [0.5, 0.6) is 0 Å². The molecule has 0 spiro atoms. The average molecular weight is 441 g/mol. The SMILES string of the molecule is Cc1cc(C)c2c(=O)n(CC(=O)Nc3cc(C(F)(F)F)ccc3Cl)c(=O)n(C)c2n1. The van der Waals surface area contributed by atoms with Crippen molar-refractivity contribution in [3.8, 4) is 0 Å². The van der Waals surface area contributed by atoms with Crippen molar-refractivity contribution in [2.45, 2.75) is 26.6 Å². The van der Waals surface area contributed by atoms with E-state index in [4.69, 9.17) is 11.6 Å². The number of benzene rings is 1. The lowest BCUT2D eigenvalue weighted by atomic mass is 10.1. The van der Waals surface area contributed by atoms with Crippen molar-refractivity contribution in [1.82, 2.24) is 14.1 Å². The Morgan fingerprint density at radius 1 is 1.20 bits per heavy atom. The van der Waals surface area contributed by atoms with Gasteiger partial charge in [-0.2, -0.15) is 13.2 Å². The van der Waals surface area contributed by atoms with Gasteiger partial charge in [-0.1, -0.05) is 11.6 Å². The number of carbonyl (C=O) groups excluding carboxylic acids is 1. The first-order valence-corrected chi connectivity index (χ1v) is 9.02. The lowest BCUT2D eigenvalue weighted by Crippen LogP contribution is -2.42. The Morgan fingerprint density at radius 2 is 1.87 bits per heavy atom. The number of nitrogens with one attached hydrogen (secondary N) is 1.